The van der Waals surface area contributed by atoms with Crippen LogP contribution >= 0.6 is 0 Å². The van der Waals surface area contributed by atoms with E-state index in [0.29, 0.717) is 18.7 Å². The largest absolute Gasteiger partial charge is 0.342 e. The Balaban J connectivity index is 2.28. The van der Waals surface area contributed by atoms with Gasteiger partial charge in [-0.25, -0.2) is 4.98 Å². The Morgan fingerprint density at radius 3 is 2.65 bits per heavy atom. The molecule has 0 atom stereocenters. The van der Waals surface area contributed by atoms with E-state index in [1.807, 2.05) is 6.07 Å². The summed E-state index contributed by atoms with van der Waals surface area (Å²) in [5.41, 5.74) is -0.246. The van der Waals surface area contributed by atoms with Crippen molar-refractivity contribution in [2.75, 3.05) is 20.1 Å². The minimum Gasteiger partial charge on any atom is -0.342 e. The number of carbonyl (C=O) groups excluding carboxylic acids is 2. The van der Waals surface area contributed by atoms with E-state index in [2.05, 4.69) is 4.98 Å². The minimum atomic E-state index is -0.889. The summed E-state index contributed by atoms with van der Waals surface area (Å²) in [5, 5.41) is 8.73. The number of nitriles is 1. The van der Waals surface area contributed by atoms with Gasteiger partial charge < -0.3 is 9.80 Å². The highest BCUT2D eigenvalue weighted by molar-refractivity contribution is 5.98. The first-order chi connectivity index (χ1) is 9.37. The van der Waals surface area contributed by atoms with Crippen LogP contribution in [0, 0.1) is 11.3 Å². The van der Waals surface area contributed by atoms with Gasteiger partial charge in [0.1, 0.15) is 17.3 Å². The number of pyridine rings is 1. The molecule has 0 N–H and O–H groups in total. The average Bonchev–Trinajstić information content (AvgIpc) is 2.44. The molecule has 1 fully saturated rings. The van der Waals surface area contributed by atoms with Gasteiger partial charge in [0.15, 0.2) is 0 Å². The zero-order valence-electron chi connectivity index (χ0n) is 11.8. The predicted octanol–water partition coefficient (Wildman–Crippen LogP) is 0.646. The van der Waals surface area contributed by atoms with Gasteiger partial charge in [0.2, 0.25) is 5.91 Å². The van der Waals surface area contributed by atoms with Crippen molar-refractivity contribution in [1.82, 2.24) is 14.8 Å². The maximum Gasteiger partial charge on any atom is 0.273 e. The number of likely N-dealkylation sites (N-methyl/N-ethyl adjacent to an activating group) is 1. The highest BCUT2D eigenvalue weighted by Gasteiger charge is 2.43. The number of rotatable bonds is 1. The van der Waals surface area contributed by atoms with Gasteiger partial charge in [0.05, 0.1) is 5.56 Å². The van der Waals surface area contributed by atoms with Crippen LogP contribution in [-0.4, -0.2) is 52.3 Å². The molecule has 2 rings (SSSR count). The van der Waals surface area contributed by atoms with E-state index in [1.54, 1.807) is 31.9 Å². The monoisotopic (exact) mass is 272 g/mol. The number of nitrogens with zero attached hydrogens (tertiary/aromatic N) is 4. The summed E-state index contributed by atoms with van der Waals surface area (Å²) >= 11 is 0. The Morgan fingerprint density at radius 2 is 2.10 bits per heavy atom. The first kappa shape index (κ1) is 14.0. The molecule has 6 nitrogen and oxygen atoms in total. The molecular weight excluding hydrogens is 256 g/mol. The van der Waals surface area contributed by atoms with Crippen molar-refractivity contribution >= 4 is 11.8 Å². The molecule has 1 aliphatic rings. The van der Waals surface area contributed by atoms with E-state index < -0.39 is 5.54 Å². The standard InChI is InChI=1S/C14H16N4O2/c1-14(2)13(20)17(3)6-7-18(14)12(19)11-5-4-10(8-15)9-16-11/h4-5,9H,6-7H2,1-3H3. The van der Waals surface area contributed by atoms with Crippen molar-refractivity contribution in [3.05, 3.63) is 29.6 Å². The van der Waals surface area contributed by atoms with E-state index in [0.717, 1.165) is 0 Å². The topological polar surface area (TPSA) is 77.3 Å². The third kappa shape index (κ3) is 2.23. The van der Waals surface area contributed by atoms with Crippen molar-refractivity contribution < 1.29 is 9.59 Å². The molecule has 6 heteroatoms. The molecule has 2 heterocycles. The van der Waals surface area contributed by atoms with Crippen molar-refractivity contribution in [1.29, 1.82) is 5.26 Å². The molecule has 0 aliphatic carbocycles. The fourth-order valence-electron chi connectivity index (χ4n) is 2.29. The average molecular weight is 272 g/mol. The maximum absolute atomic E-state index is 12.5. The van der Waals surface area contributed by atoms with Crippen LogP contribution in [0.25, 0.3) is 0 Å². The summed E-state index contributed by atoms with van der Waals surface area (Å²) in [6.45, 7) is 4.43. The lowest BCUT2D eigenvalue weighted by molar-refractivity contribution is -0.144. The lowest BCUT2D eigenvalue weighted by atomic mass is 9.97. The van der Waals surface area contributed by atoms with Crippen LogP contribution in [0.15, 0.2) is 18.3 Å². The number of aromatic nitrogens is 1. The molecule has 0 spiro atoms. The second-order valence-electron chi connectivity index (χ2n) is 5.29. The fourth-order valence-corrected chi connectivity index (χ4v) is 2.29. The number of piperazine rings is 1. The highest BCUT2D eigenvalue weighted by Crippen LogP contribution is 2.23. The molecule has 1 aromatic rings. The van der Waals surface area contributed by atoms with Gasteiger partial charge in [-0.3, -0.25) is 9.59 Å². The minimum absolute atomic E-state index is 0.0919. The third-order valence-corrected chi connectivity index (χ3v) is 3.56. The van der Waals surface area contributed by atoms with E-state index in [4.69, 9.17) is 5.26 Å². The van der Waals surface area contributed by atoms with Crippen molar-refractivity contribution in [3.8, 4) is 6.07 Å². The molecule has 0 radical (unpaired) electrons. The molecule has 0 saturated carbocycles. The molecule has 1 aliphatic heterocycles. The summed E-state index contributed by atoms with van der Waals surface area (Å²) in [7, 11) is 1.73. The van der Waals surface area contributed by atoms with Crippen LogP contribution in [0.1, 0.15) is 29.9 Å². The van der Waals surface area contributed by atoms with Gasteiger partial charge >= 0.3 is 0 Å². The van der Waals surface area contributed by atoms with Gasteiger partial charge in [-0.05, 0) is 26.0 Å². The molecule has 2 amide bonds. The first-order valence-electron chi connectivity index (χ1n) is 6.31. The van der Waals surface area contributed by atoms with Crippen LogP contribution < -0.4 is 0 Å². The summed E-state index contributed by atoms with van der Waals surface area (Å²) in [6, 6.07) is 5.01. The van der Waals surface area contributed by atoms with Crippen LogP contribution in [0.2, 0.25) is 0 Å². The zero-order valence-corrected chi connectivity index (χ0v) is 11.8. The lowest BCUT2D eigenvalue weighted by Crippen LogP contribution is -2.63. The molecular formula is C14H16N4O2. The zero-order chi connectivity index (χ0) is 14.9. The van der Waals surface area contributed by atoms with E-state index in [1.165, 1.54) is 17.2 Å². The Kier molecular flexibility index (Phi) is 3.45. The summed E-state index contributed by atoms with van der Waals surface area (Å²) in [4.78, 5) is 31.8. The number of amides is 2. The Labute approximate surface area is 117 Å². The van der Waals surface area contributed by atoms with Gasteiger partial charge in [0, 0.05) is 26.3 Å². The Bertz CT molecular complexity index is 586. The molecule has 20 heavy (non-hydrogen) atoms. The lowest BCUT2D eigenvalue weighted by Gasteiger charge is -2.44. The predicted molar refractivity (Wildman–Crippen MR) is 71.7 cm³/mol. The second kappa shape index (κ2) is 4.93. The number of hydrogen-bond donors (Lipinski definition) is 0. The van der Waals surface area contributed by atoms with E-state index in [9.17, 15) is 9.59 Å². The van der Waals surface area contributed by atoms with Crippen molar-refractivity contribution in [2.24, 2.45) is 0 Å². The van der Waals surface area contributed by atoms with Gasteiger partial charge in [-0.15, -0.1) is 0 Å². The molecule has 1 aromatic heterocycles. The van der Waals surface area contributed by atoms with E-state index >= 15 is 0 Å². The van der Waals surface area contributed by atoms with Gasteiger partial charge in [-0.2, -0.15) is 5.26 Å². The highest BCUT2D eigenvalue weighted by atomic mass is 16.2. The van der Waals surface area contributed by atoms with Crippen LogP contribution in [-0.2, 0) is 4.79 Å². The van der Waals surface area contributed by atoms with Gasteiger partial charge in [-0.1, -0.05) is 0 Å². The van der Waals surface area contributed by atoms with Crippen molar-refractivity contribution in [2.45, 2.75) is 19.4 Å². The first-order valence-corrected chi connectivity index (χ1v) is 6.31. The Hall–Kier alpha value is -2.42. The third-order valence-electron chi connectivity index (χ3n) is 3.56. The SMILES string of the molecule is CN1CCN(C(=O)c2ccc(C#N)cn2)C(C)(C)C1=O. The van der Waals surface area contributed by atoms with Crippen LogP contribution in [0.4, 0.5) is 0 Å². The second-order valence-corrected chi connectivity index (χ2v) is 5.29. The number of carbonyl (C=O) groups is 2. The van der Waals surface area contributed by atoms with Gasteiger partial charge in [0.25, 0.3) is 5.91 Å². The smallest absolute Gasteiger partial charge is 0.273 e. The molecule has 1 saturated heterocycles. The fraction of sp³-hybridized carbons (Fsp3) is 0.429. The summed E-state index contributed by atoms with van der Waals surface area (Å²) < 4.78 is 0. The van der Waals surface area contributed by atoms with Crippen molar-refractivity contribution in [3.63, 3.8) is 0 Å². The molecule has 0 unspecified atom stereocenters. The summed E-state index contributed by atoms with van der Waals surface area (Å²) in [5.74, 6) is -0.383. The number of hydrogen-bond acceptors (Lipinski definition) is 4. The molecule has 104 valence electrons. The summed E-state index contributed by atoms with van der Waals surface area (Å²) in [6.07, 6.45) is 1.36. The molecule has 0 bridgehead atoms. The van der Waals surface area contributed by atoms with Crippen LogP contribution in [0.3, 0.4) is 0 Å². The molecule has 0 aromatic carbocycles. The van der Waals surface area contributed by atoms with Crippen LogP contribution in [0.5, 0.6) is 0 Å². The normalized spacial score (nSPS) is 17.8. The van der Waals surface area contributed by atoms with E-state index in [-0.39, 0.29) is 17.5 Å². The Morgan fingerprint density at radius 1 is 1.40 bits per heavy atom. The maximum atomic E-state index is 12.5. The quantitative estimate of drug-likeness (QED) is 0.752.